The molecule has 0 aromatic carbocycles. The Morgan fingerprint density at radius 2 is 1.93 bits per heavy atom. The van der Waals surface area contributed by atoms with Gasteiger partial charge in [0, 0.05) is 19.6 Å². The van der Waals surface area contributed by atoms with Crippen LogP contribution < -0.4 is 5.73 Å². The first-order valence-electron chi connectivity index (χ1n) is 5.31. The van der Waals surface area contributed by atoms with E-state index in [4.69, 9.17) is 5.73 Å². The standard InChI is InChI=1S/C9H21N3O2S/c1-11-6-3-9(4-7-11)12(2)15(13,14)8-5-10/h9H,3-8,10H2,1-2H3. The highest BCUT2D eigenvalue weighted by molar-refractivity contribution is 7.89. The molecule has 0 aliphatic carbocycles. The highest BCUT2D eigenvalue weighted by atomic mass is 32.2. The van der Waals surface area contributed by atoms with Crippen LogP contribution in [0.2, 0.25) is 0 Å². The van der Waals surface area contributed by atoms with E-state index in [1.54, 1.807) is 7.05 Å². The van der Waals surface area contributed by atoms with E-state index in [2.05, 4.69) is 11.9 Å². The lowest BCUT2D eigenvalue weighted by Gasteiger charge is -2.34. The van der Waals surface area contributed by atoms with Gasteiger partial charge in [-0.1, -0.05) is 0 Å². The molecule has 0 atom stereocenters. The van der Waals surface area contributed by atoms with Crippen molar-refractivity contribution in [3.8, 4) is 0 Å². The maximum atomic E-state index is 11.7. The van der Waals surface area contributed by atoms with Gasteiger partial charge in [-0.25, -0.2) is 12.7 Å². The molecule has 1 fully saturated rings. The van der Waals surface area contributed by atoms with Gasteiger partial charge < -0.3 is 10.6 Å². The Morgan fingerprint density at radius 1 is 1.40 bits per heavy atom. The van der Waals surface area contributed by atoms with E-state index in [9.17, 15) is 8.42 Å². The van der Waals surface area contributed by atoms with Gasteiger partial charge in [0.15, 0.2) is 0 Å². The van der Waals surface area contributed by atoms with Crippen LogP contribution in [0.25, 0.3) is 0 Å². The number of nitrogens with two attached hydrogens (primary N) is 1. The summed E-state index contributed by atoms with van der Waals surface area (Å²) >= 11 is 0. The molecular weight excluding hydrogens is 214 g/mol. The van der Waals surface area contributed by atoms with Gasteiger partial charge in [0.05, 0.1) is 5.75 Å². The van der Waals surface area contributed by atoms with Gasteiger partial charge in [0.2, 0.25) is 10.0 Å². The van der Waals surface area contributed by atoms with Crippen LogP contribution in [0.1, 0.15) is 12.8 Å². The number of hydrogen-bond donors (Lipinski definition) is 1. The van der Waals surface area contributed by atoms with Crippen molar-refractivity contribution in [1.29, 1.82) is 0 Å². The average molecular weight is 235 g/mol. The predicted molar refractivity (Wildman–Crippen MR) is 61.1 cm³/mol. The summed E-state index contributed by atoms with van der Waals surface area (Å²) in [5.74, 6) is 0.0514. The molecule has 0 saturated carbocycles. The molecule has 1 heterocycles. The van der Waals surface area contributed by atoms with Gasteiger partial charge in [-0.15, -0.1) is 0 Å². The van der Waals surface area contributed by atoms with Crippen molar-refractivity contribution < 1.29 is 8.42 Å². The minimum absolute atomic E-state index is 0.0514. The first kappa shape index (κ1) is 12.9. The monoisotopic (exact) mass is 235 g/mol. The van der Waals surface area contributed by atoms with Gasteiger partial charge in [0.25, 0.3) is 0 Å². The Labute approximate surface area is 92.3 Å². The maximum absolute atomic E-state index is 11.7. The number of likely N-dealkylation sites (tertiary alicyclic amines) is 1. The lowest BCUT2D eigenvalue weighted by molar-refractivity contribution is 0.197. The zero-order valence-corrected chi connectivity index (χ0v) is 10.3. The molecule has 1 aliphatic heterocycles. The van der Waals surface area contributed by atoms with Crippen LogP contribution in [0.15, 0.2) is 0 Å². The van der Waals surface area contributed by atoms with E-state index in [0.717, 1.165) is 25.9 Å². The van der Waals surface area contributed by atoms with Gasteiger partial charge in [-0.3, -0.25) is 0 Å². The smallest absolute Gasteiger partial charge is 0.215 e. The van der Waals surface area contributed by atoms with Crippen molar-refractivity contribution in [1.82, 2.24) is 9.21 Å². The van der Waals surface area contributed by atoms with Crippen molar-refractivity contribution in [2.24, 2.45) is 5.73 Å². The number of piperidine rings is 1. The molecule has 0 radical (unpaired) electrons. The number of sulfonamides is 1. The van der Waals surface area contributed by atoms with Crippen LogP contribution in [-0.2, 0) is 10.0 Å². The van der Waals surface area contributed by atoms with E-state index in [0.29, 0.717) is 0 Å². The molecule has 5 nitrogen and oxygen atoms in total. The van der Waals surface area contributed by atoms with Crippen molar-refractivity contribution in [3.63, 3.8) is 0 Å². The first-order valence-corrected chi connectivity index (χ1v) is 6.92. The minimum atomic E-state index is -3.14. The summed E-state index contributed by atoms with van der Waals surface area (Å²) in [5.41, 5.74) is 5.29. The second kappa shape index (κ2) is 5.25. The predicted octanol–water partition coefficient (Wildman–Crippen LogP) is -0.699. The quantitative estimate of drug-likeness (QED) is 0.700. The Kier molecular flexibility index (Phi) is 4.51. The summed E-state index contributed by atoms with van der Waals surface area (Å²) in [6, 6.07) is 0.151. The SMILES string of the molecule is CN1CCC(N(C)S(=O)(=O)CCN)CC1. The molecule has 15 heavy (non-hydrogen) atoms. The van der Waals surface area contributed by atoms with Gasteiger partial charge in [-0.2, -0.15) is 0 Å². The third kappa shape index (κ3) is 3.41. The summed E-state index contributed by atoms with van der Waals surface area (Å²) in [7, 11) is 0.590. The van der Waals surface area contributed by atoms with E-state index >= 15 is 0 Å². The fourth-order valence-corrected chi connectivity index (χ4v) is 3.13. The second-order valence-corrected chi connectivity index (χ2v) is 6.30. The highest BCUT2D eigenvalue weighted by Gasteiger charge is 2.27. The molecule has 1 saturated heterocycles. The summed E-state index contributed by atoms with van der Waals surface area (Å²) in [4.78, 5) is 2.22. The topological polar surface area (TPSA) is 66.6 Å². The van der Waals surface area contributed by atoms with Crippen LogP contribution in [0.4, 0.5) is 0 Å². The molecule has 0 aromatic rings. The Hall–Kier alpha value is -0.170. The molecular formula is C9H21N3O2S. The van der Waals surface area contributed by atoms with Gasteiger partial charge in [0.1, 0.15) is 0 Å². The molecule has 1 rings (SSSR count). The van der Waals surface area contributed by atoms with Crippen LogP contribution in [0.5, 0.6) is 0 Å². The number of nitrogens with zero attached hydrogens (tertiary/aromatic N) is 2. The van der Waals surface area contributed by atoms with Crippen LogP contribution in [0, 0.1) is 0 Å². The van der Waals surface area contributed by atoms with Crippen LogP contribution in [0.3, 0.4) is 0 Å². The number of hydrogen-bond acceptors (Lipinski definition) is 4. The fourth-order valence-electron chi connectivity index (χ4n) is 1.88. The lowest BCUT2D eigenvalue weighted by atomic mass is 10.1. The minimum Gasteiger partial charge on any atom is -0.329 e. The zero-order chi connectivity index (χ0) is 11.5. The first-order chi connectivity index (χ1) is 6.97. The lowest BCUT2D eigenvalue weighted by Crippen LogP contribution is -2.45. The normalized spacial score (nSPS) is 21.1. The third-order valence-corrected chi connectivity index (χ3v) is 4.94. The molecule has 90 valence electrons. The third-order valence-electron chi connectivity index (χ3n) is 3.02. The Morgan fingerprint density at radius 3 is 2.40 bits per heavy atom. The van der Waals surface area contributed by atoms with Crippen molar-refractivity contribution in [3.05, 3.63) is 0 Å². The molecule has 0 unspecified atom stereocenters. The fraction of sp³-hybridized carbons (Fsp3) is 1.00. The van der Waals surface area contributed by atoms with E-state index in [1.807, 2.05) is 0 Å². The summed E-state index contributed by atoms with van der Waals surface area (Å²) in [5, 5.41) is 0. The summed E-state index contributed by atoms with van der Waals surface area (Å²) in [6.07, 6.45) is 1.83. The number of rotatable bonds is 4. The van der Waals surface area contributed by atoms with E-state index in [-0.39, 0.29) is 18.3 Å². The average Bonchev–Trinajstić information content (AvgIpc) is 2.18. The van der Waals surface area contributed by atoms with Gasteiger partial charge >= 0.3 is 0 Å². The molecule has 0 aromatic heterocycles. The van der Waals surface area contributed by atoms with E-state index in [1.165, 1.54) is 4.31 Å². The van der Waals surface area contributed by atoms with Crippen LogP contribution >= 0.6 is 0 Å². The second-order valence-electron chi connectivity index (χ2n) is 4.16. The molecule has 2 N–H and O–H groups in total. The molecule has 6 heteroatoms. The van der Waals surface area contributed by atoms with Gasteiger partial charge in [-0.05, 0) is 33.0 Å². The Balaban J connectivity index is 2.57. The maximum Gasteiger partial charge on any atom is 0.215 e. The van der Waals surface area contributed by atoms with E-state index < -0.39 is 10.0 Å². The Bertz CT molecular complexity index is 284. The summed E-state index contributed by atoms with van der Waals surface area (Å²) < 4.78 is 25.0. The van der Waals surface area contributed by atoms with Crippen molar-refractivity contribution in [2.45, 2.75) is 18.9 Å². The summed E-state index contributed by atoms with van der Waals surface area (Å²) in [6.45, 7) is 2.12. The van der Waals surface area contributed by atoms with Crippen molar-refractivity contribution >= 4 is 10.0 Å². The van der Waals surface area contributed by atoms with Crippen LogP contribution in [-0.4, -0.2) is 63.1 Å². The molecule has 0 bridgehead atoms. The highest BCUT2D eigenvalue weighted by Crippen LogP contribution is 2.16. The molecule has 0 spiro atoms. The van der Waals surface area contributed by atoms with Crippen molar-refractivity contribution in [2.75, 3.05) is 39.5 Å². The zero-order valence-electron chi connectivity index (χ0n) is 9.52. The largest absolute Gasteiger partial charge is 0.329 e. The molecule has 1 aliphatic rings. The molecule has 0 amide bonds.